The number of rotatable bonds is 22. The minimum atomic E-state index is -0.834. The van der Waals surface area contributed by atoms with Gasteiger partial charge in [-0.15, -0.1) is 0 Å². The zero-order chi connectivity index (χ0) is 40.3. The van der Waals surface area contributed by atoms with E-state index in [1.807, 2.05) is 48.5 Å². The smallest absolute Gasteiger partial charge is 0.407 e. The van der Waals surface area contributed by atoms with Gasteiger partial charge in [-0.3, -0.25) is 4.79 Å². The number of hydrogen-bond donors (Lipinski definition) is 1. The molecule has 1 N–H and O–H groups in total. The van der Waals surface area contributed by atoms with Gasteiger partial charge in [0.05, 0.1) is 0 Å². The lowest BCUT2D eigenvalue weighted by Gasteiger charge is -2.21. The van der Waals surface area contributed by atoms with Crippen LogP contribution in [0.15, 0.2) is 72.8 Å². The lowest BCUT2D eigenvalue weighted by molar-refractivity contribution is -0.159. The van der Waals surface area contributed by atoms with Crippen LogP contribution in [0, 0.1) is 0 Å². The number of carbonyl (C=O) groups is 4. The summed E-state index contributed by atoms with van der Waals surface area (Å²) in [6.45, 7) is 23.1. The van der Waals surface area contributed by atoms with Gasteiger partial charge >= 0.3 is 24.0 Å². The van der Waals surface area contributed by atoms with Gasteiger partial charge in [0.1, 0.15) is 37.9 Å². The lowest BCUT2D eigenvalue weighted by atomic mass is 9.87. The normalized spacial score (nSPS) is 12.4. The molecule has 2 rings (SSSR count). The van der Waals surface area contributed by atoms with Gasteiger partial charge in [0.2, 0.25) is 0 Å². The maximum Gasteiger partial charge on any atom is 0.407 e. The van der Waals surface area contributed by atoms with Crippen molar-refractivity contribution in [1.29, 1.82) is 0 Å². The molecule has 2 atom stereocenters. The molecule has 1 amide bonds. The number of amides is 1. The molecule has 0 heterocycles. The van der Waals surface area contributed by atoms with E-state index in [1.54, 1.807) is 6.92 Å². The summed E-state index contributed by atoms with van der Waals surface area (Å²) in [5.41, 5.74) is 2.81. The quantitative estimate of drug-likeness (QED) is 0.0542. The molecule has 11 heteroatoms. The van der Waals surface area contributed by atoms with E-state index in [-0.39, 0.29) is 54.8 Å². The second-order valence-corrected chi connectivity index (χ2v) is 15.5. The van der Waals surface area contributed by atoms with Gasteiger partial charge in [0.15, 0.2) is 12.2 Å². The molecule has 0 fully saturated rings. The third kappa shape index (κ3) is 18.3. The fourth-order valence-corrected chi connectivity index (χ4v) is 4.85. The average molecular weight is 752 g/mol. The molecule has 0 radical (unpaired) electrons. The van der Waals surface area contributed by atoms with E-state index in [9.17, 15) is 19.2 Å². The Hall–Kier alpha value is -4.80. The summed E-state index contributed by atoms with van der Waals surface area (Å²) in [5, 5.41) is 2.73. The summed E-state index contributed by atoms with van der Waals surface area (Å²) in [5.74, 6) is -0.329. The molecule has 2 aromatic carbocycles. The Balaban J connectivity index is 1.73. The molecule has 54 heavy (non-hydrogen) atoms. The van der Waals surface area contributed by atoms with Gasteiger partial charge in [-0.2, -0.15) is 0 Å². The maximum absolute atomic E-state index is 12.7. The summed E-state index contributed by atoms with van der Waals surface area (Å²) in [6.07, 6.45) is 1.72. The van der Waals surface area contributed by atoms with Gasteiger partial charge in [-0.1, -0.05) is 98.2 Å². The highest BCUT2D eigenvalue weighted by Crippen LogP contribution is 2.25. The molecule has 2 unspecified atom stereocenters. The van der Waals surface area contributed by atoms with E-state index in [0.717, 1.165) is 30.4 Å². The van der Waals surface area contributed by atoms with Crippen LogP contribution in [0.5, 0.6) is 11.5 Å². The van der Waals surface area contributed by atoms with Crippen LogP contribution in [0.1, 0.15) is 105 Å². The first-order chi connectivity index (χ1) is 25.3. The van der Waals surface area contributed by atoms with Gasteiger partial charge in [0.25, 0.3) is 0 Å². The maximum atomic E-state index is 12.7. The molecule has 0 aliphatic rings. The van der Waals surface area contributed by atoms with E-state index >= 15 is 0 Å². The van der Waals surface area contributed by atoms with Crippen LogP contribution in [0.2, 0.25) is 0 Å². The van der Waals surface area contributed by atoms with Crippen molar-refractivity contribution in [3.63, 3.8) is 0 Å². The first-order valence-electron chi connectivity index (χ1n) is 18.6. The molecule has 0 saturated heterocycles. The van der Waals surface area contributed by atoms with Crippen molar-refractivity contribution in [2.75, 3.05) is 33.0 Å². The molecule has 0 bridgehead atoms. The van der Waals surface area contributed by atoms with E-state index in [0.29, 0.717) is 30.9 Å². The molecular weight excluding hydrogens is 690 g/mol. The predicted octanol–water partition coefficient (Wildman–Crippen LogP) is 8.33. The van der Waals surface area contributed by atoms with Crippen LogP contribution in [-0.4, -0.2) is 69.2 Å². The number of unbranched alkanes of at least 4 members (excludes halogenated alkanes) is 4. The highest BCUT2D eigenvalue weighted by molar-refractivity contribution is 5.87. The topological polar surface area (TPSA) is 136 Å². The summed E-state index contributed by atoms with van der Waals surface area (Å²) < 4.78 is 33.3. The summed E-state index contributed by atoms with van der Waals surface area (Å²) in [4.78, 5) is 49.1. The second-order valence-electron chi connectivity index (χ2n) is 15.5. The number of nitrogens with one attached hydrogen (secondary N) is 1. The Morgan fingerprint density at radius 1 is 0.593 bits per heavy atom. The van der Waals surface area contributed by atoms with E-state index in [1.165, 1.54) is 6.92 Å². The molecule has 0 aliphatic carbocycles. The van der Waals surface area contributed by atoms with Crippen LogP contribution in [0.3, 0.4) is 0 Å². The van der Waals surface area contributed by atoms with Crippen molar-refractivity contribution in [3.05, 3.63) is 84.0 Å². The Kier molecular flexibility index (Phi) is 18.8. The average Bonchev–Trinajstić information content (AvgIpc) is 3.10. The SMILES string of the molecule is C=C(C)C(=O)OCC(COc1ccc(C(C)(C)C)cc1)OC(=O)CCCCCCCNC(=O)OC(COC(=O)C(=C)C)COc1ccc(C(C)(C)C)cc1. The number of carbonyl (C=O) groups excluding carboxylic acids is 4. The predicted molar refractivity (Wildman–Crippen MR) is 209 cm³/mol. The largest absolute Gasteiger partial charge is 0.490 e. The number of hydrogen-bond acceptors (Lipinski definition) is 10. The van der Waals surface area contributed by atoms with Gasteiger partial charge in [-0.25, -0.2) is 14.4 Å². The first kappa shape index (κ1) is 45.4. The number of alkyl carbamates (subject to hydrolysis) is 1. The monoisotopic (exact) mass is 751 g/mol. The van der Waals surface area contributed by atoms with Gasteiger partial charge < -0.3 is 33.7 Å². The van der Waals surface area contributed by atoms with Crippen molar-refractivity contribution in [2.45, 2.75) is 117 Å². The van der Waals surface area contributed by atoms with Crippen molar-refractivity contribution in [3.8, 4) is 11.5 Å². The lowest BCUT2D eigenvalue weighted by Crippen LogP contribution is -2.36. The molecule has 0 saturated carbocycles. The minimum Gasteiger partial charge on any atom is -0.490 e. The zero-order valence-electron chi connectivity index (χ0n) is 33.5. The third-order valence-electron chi connectivity index (χ3n) is 8.21. The number of benzene rings is 2. The van der Waals surface area contributed by atoms with E-state index < -0.39 is 36.2 Å². The fourth-order valence-electron chi connectivity index (χ4n) is 4.85. The van der Waals surface area contributed by atoms with E-state index in [4.69, 9.17) is 28.4 Å². The van der Waals surface area contributed by atoms with Gasteiger partial charge in [-0.05, 0) is 72.9 Å². The number of esters is 3. The Morgan fingerprint density at radius 2 is 1.00 bits per heavy atom. The molecule has 0 aliphatic heterocycles. The summed E-state index contributed by atoms with van der Waals surface area (Å²) >= 11 is 0. The van der Waals surface area contributed by atoms with Crippen LogP contribution >= 0.6 is 0 Å². The standard InChI is InChI=1S/C43H61NO10/c1-30(2)39(46)51-28-36(26-49-34-21-17-32(18-22-34)42(5,6)7)53-38(45)16-14-12-11-13-15-25-44-41(48)54-37(29-52-40(47)31(3)4)27-50-35-23-19-33(20-24-35)43(8,9)10/h17-24,36-37H,1,3,11-16,25-29H2,2,4-10H3,(H,44,48). The van der Waals surface area contributed by atoms with E-state index in [2.05, 4.69) is 60.0 Å². The number of ether oxygens (including phenoxy) is 6. The Labute approximate surface area is 321 Å². The van der Waals surface area contributed by atoms with Crippen LogP contribution < -0.4 is 14.8 Å². The fraction of sp³-hybridized carbons (Fsp3) is 0.535. The van der Waals surface area contributed by atoms with Crippen molar-refractivity contribution < 1.29 is 47.6 Å². The van der Waals surface area contributed by atoms with Crippen molar-refractivity contribution in [2.24, 2.45) is 0 Å². The molecule has 2 aromatic rings. The van der Waals surface area contributed by atoms with Crippen molar-refractivity contribution in [1.82, 2.24) is 5.32 Å². The van der Waals surface area contributed by atoms with Crippen molar-refractivity contribution >= 4 is 24.0 Å². The summed E-state index contributed by atoms with van der Waals surface area (Å²) in [6, 6.07) is 15.4. The Bertz CT molecular complexity index is 1400. The molecule has 11 nitrogen and oxygen atoms in total. The zero-order valence-corrected chi connectivity index (χ0v) is 33.5. The highest BCUT2D eigenvalue weighted by Gasteiger charge is 2.21. The first-order valence-corrected chi connectivity index (χ1v) is 18.6. The van der Waals surface area contributed by atoms with Gasteiger partial charge in [0, 0.05) is 24.1 Å². The Morgan fingerprint density at radius 3 is 1.43 bits per heavy atom. The van der Waals surface area contributed by atoms with Crippen LogP contribution in [-0.2, 0) is 44.2 Å². The second kappa shape index (κ2) is 22.4. The third-order valence-corrected chi connectivity index (χ3v) is 8.21. The molecule has 0 aromatic heterocycles. The van der Waals surface area contributed by atoms with Crippen LogP contribution in [0.4, 0.5) is 4.79 Å². The molecular formula is C43H61NO10. The van der Waals surface area contributed by atoms with Crippen LogP contribution in [0.25, 0.3) is 0 Å². The summed E-state index contributed by atoms with van der Waals surface area (Å²) in [7, 11) is 0. The minimum absolute atomic E-state index is 0.00107. The molecule has 0 spiro atoms. The highest BCUT2D eigenvalue weighted by atomic mass is 16.6. The molecule has 298 valence electrons.